The predicted octanol–water partition coefficient (Wildman–Crippen LogP) is 3.11. The largest absolute Gasteiger partial charge is 0.512 e. The van der Waals surface area contributed by atoms with Crippen molar-refractivity contribution in [2.24, 2.45) is 0 Å². The fourth-order valence-corrected chi connectivity index (χ4v) is 0.882. The molecule has 0 bridgehead atoms. The van der Waals surface area contributed by atoms with Gasteiger partial charge in [-0.1, -0.05) is 0 Å². The number of hydrogen-bond acceptors (Lipinski definition) is 6. The number of rotatable bonds is 3. The van der Waals surface area contributed by atoms with Crippen LogP contribution in [0, 0.1) is 36.9 Å². The van der Waals surface area contributed by atoms with Crippen molar-refractivity contribution in [3.05, 3.63) is 35.5 Å². The average molecular weight is 475 g/mol. The van der Waals surface area contributed by atoms with Crippen molar-refractivity contribution < 1.29 is 66.6 Å². The van der Waals surface area contributed by atoms with Crippen molar-refractivity contribution in [2.75, 3.05) is 0 Å². The van der Waals surface area contributed by atoms with Crippen LogP contribution < -0.4 is 0 Å². The summed E-state index contributed by atoms with van der Waals surface area (Å²) in [4.78, 5) is 30.1. The maximum atomic E-state index is 10.0. The van der Waals surface area contributed by atoms with E-state index in [-0.39, 0.29) is 71.5 Å². The van der Waals surface area contributed by atoms with Gasteiger partial charge in [0.1, 0.15) is 0 Å². The van der Waals surface area contributed by atoms with E-state index in [2.05, 4.69) is 0 Å². The number of ketones is 3. The Kier molecular flexibility index (Phi) is 23.6. The number of carbonyl (C=O) groups is 3. The SMILES string of the molecule is CC(=O)/C=C(\C)O.CC(=O)/C=C(\C)O.CC(=O)/C=C(\C)O.[Lu]. The van der Waals surface area contributed by atoms with Gasteiger partial charge in [-0.2, -0.15) is 0 Å². The number of aliphatic hydroxyl groups excluding tert-OH is 3. The van der Waals surface area contributed by atoms with Crippen LogP contribution in [0.15, 0.2) is 35.5 Å². The Morgan fingerprint density at radius 2 is 0.682 bits per heavy atom. The van der Waals surface area contributed by atoms with Gasteiger partial charge in [-0.3, -0.25) is 14.4 Å². The van der Waals surface area contributed by atoms with Crippen LogP contribution >= 0.6 is 0 Å². The van der Waals surface area contributed by atoms with Crippen LogP contribution in [-0.4, -0.2) is 32.7 Å². The molecule has 0 aromatic carbocycles. The van der Waals surface area contributed by atoms with E-state index in [1.54, 1.807) is 0 Å². The second kappa shape index (κ2) is 17.9. The zero-order valence-corrected chi connectivity index (χ0v) is 15.2. The van der Waals surface area contributed by atoms with Crippen molar-refractivity contribution in [1.29, 1.82) is 0 Å². The van der Waals surface area contributed by atoms with Gasteiger partial charge in [0.05, 0.1) is 17.3 Å². The maximum Gasteiger partial charge on any atom is 0.155 e. The van der Waals surface area contributed by atoms with E-state index in [1.807, 2.05) is 0 Å². The molecule has 0 spiro atoms. The Morgan fingerprint density at radius 3 is 0.682 bits per heavy atom. The molecule has 0 aromatic rings. The van der Waals surface area contributed by atoms with Crippen LogP contribution in [0.2, 0.25) is 0 Å². The third-order valence-corrected chi connectivity index (χ3v) is 1.24. The molecule has 0 aromatic heterocycles. The first-order valence-corrected chi connectivity index (χ1v) is 6.02. The Balaban J connectivity index is -0.000000108. The molecule has 0 aliphatic heterocycles. The standard InChI is InChI=1S/3C5H8O2.Lu/c3*1-4(6)3-5(2)7;/h3*3,6H,1-2H3;/b3*4-3+;. The van der Waals surface area contributed by atoms with Crippen LogP contribution in [0.3, 0.4) is 0 Å². The fourth-order valence-electron chi connectivity index (χ4n) is 0.882. The van der Waals surface area contributed by atoms with E-state index in [9.17, 15) is 14.4 Å². The van der Waals surface area contributed by atoms with Crippen LogP contribution in [0.25, 0.3) is 0 Å². The van der Waals surface area contributed by atoms with Gasteiger partial charge >= 0.3 is 0 Å². The van der Waals surface area contributed by atoms with Gasteiger partial charge in [0.15, 0.2) is 17.3 Å². The van der Waals surface area contributed by atoms with Crippen LogP contribution in [-0.2, 0) is 14.4 Å². The number of hydrogen-bond donors (Lipinski definition) is 3. The molecule has 7 heteroatoms. The second-order valence-corrected chi connectivity index (χ2v) is 4.19. The summed E-state index contributed by atoms with van der Waals surface area (Å²) in [7, 11) is 0. The molecular formula is C15H24LuO6. The molecule has 0 amide bonds. The Morgan fingerprint density at radius 1 is 0.545 bits per heavy atom. The molecule has 22 heavy (non-hydrogen) atoms. The van der Waals surface area contributed by atoms with Gasteiger partial charge in [-0.05, 0) is 41.5 Å². The smallest absolute Gasteiger partial charge is 0.155 e. The van der Waals surface area contributed by atoms with E-state index < -0.39 is 0 Å². The Bertz CT molecular complexity index is 368. The van der Waals surface area contributed by atoms with E-state index in [0.29, 0.717) is 0 Å². The molecule has 0 aliphatic rings. The summed E-state index contributed by atoms with van der Waals surface area (Å²) in [6, 6.07) is 0. The molecule has 0 saturated carbocycles. The molecule has 0 unspecified atom stereocenters. The summed E-state index contributed by atoms with van der Waals surface area (Å²) in [6.07, 6.45) is 3.50. The zero-order chi connectivity index (χ0) is 17.6. The molecular weight excluding hydrogens is 451 g/mol. The minimum absolute atomic E-state index is 0. The number of carbonyl (C=O) groups excluding carboxylic acids is 3. The predicted molar refractivity (Wildman–Crippen MR) is 81.2 cm³/mol. The van der Waals surface area contributed by atoms with E-state index in [4.69, 9.17) is 15.3 Å². The van der Waals surface area contributed by atoms with Crippen molar-refractivity contribution >= 4 is 17.3 Å². The van der Waals surface area contributed by atoms with Crippen LogP contribution in [0.4, 0.5) is 0 Å². The summed E-state index contributed by atoms with van der Waals surface area (Å²) < 4.78 is 0. The minimum atomic E-state index is -0.125. The summed E-state index contributed by atoms with van der Waals surface area (Å²) in [5, 5.41) is 25.1. The molecule has 0 heterocycles. The zero-order valence-electron chi connectivity index (χ0n) is 13.6. The van der Waals surface area contributed by atoms with Crippen molar-refractivity contribution in [2.45, 2.75) is 41.5 Å². The molecule has 0 atom stereocenters. The van der Waals surface area contributed by atoms with E-state index >= 15 is 0 Å². The first-order chi connectivity index (χ1) is 9.38. The normalized spacial score (nSPS) is 10.9. The molecule has 135 valence electrons. The van der Waals surface area contributed by atoms with Gasteiger partial charge in [0.2, 0.25) is 0 Å². The van der Waals surface area contributed by atoms with Crippen LogP contribution in [0.5, 0.6) is 0 Å². The van der Waals surface area contributed by atoms with Gasteiger partial charge in [0.25, 0.3) is 0 Å². The molecule has 3 N–H and O–H groups in total. The third kappa shape index (κ3) is 51.0. The number of aliphatic hydroxyl groups is 3. The van der Waals surface area contributed by atoms with Gasteiger partial charge in [0, 0.05) is 55.1 Å². The topological polar surface area (TPSA) is 112 Å². The minimum Gasteiger partial charge on any atom is -0.512 e. The first-order valence-electron chi connectivity index (χ1n) is 6.02. The molecule has 1 radical (unpaired) electrons. The molecule has 0 fully saturated rings. The molecule has 0 aliphatic carbocycles. The van der Waals surface area contributed by atoms with Crippen molar-refractivity contribution in [3.8, 4) is 0 Å². The van der Waals surface area contributed by atoms with Crippen molar-refractivity contribution in [1.82, 2.24) is 0 Å². The second-order valence-electron chi connectivity index (χ2n) is 4.19. The van der Waals surface area contributed by atoms with Gasteiger partial charge in [-0.25, -0.2) is 0 Å². The summed E-state index contributed by atoms with van der Waals surface area (Å²) in [5.41, 5.74) is 0. The van der Waals surface area contributed by atoms with Crippen molar-refractivity contribution in [3.63, 3.8) is 0 Å². The quantitative estimate of drug-likeness (QED) is 0.427. The molecule has 6 nitrogen and oxygen atoms in total. The number of allylic oxidation sites excluding steroid dienone is 6. The van der Waals surface area contributed by atoms with Crippen LogP contribution in [0.1, 0.15) is 41.5 Å². The van der Waals surface area contributed by atoms with Gasteiger partial charge < -0.3 is 15.3 Å². The summed E-state index contributed by atoms with van der Waals surface area (Å²) in [6.45, 7) is 8.54. The summed E-state index contributed by atoms with van der Waals surface area (Å²) >= 11 is 0. The fraction of sp³-hybridized carbons (Fsp3) is 0.400. The summed E-state index contributed by atoms with van der Waals surface area (Å²) in [5.74, 6) is -0.187. The Hall–Kier alpha value is -1.14. The molecule has 0 saturated heterocycles. The maximum absolute atomic E-state index is 10.0. The van der Waals surface area contributed by atoms with E-state index in [1.165, 1.54) is 59.8 Å². The monoisotopic (exact) mass is 475 g/mol. The first kappa shape index (κ1) is 28.9. The average Bonchev–Trinajstić information content (AvgIpc) is 2.10. The van der Waals surface area contributed by atoms with Gasteiger partial charge in [-0.15, -0.1) is 0 Å². The third-order valence-electron chi connectivity index (χ3n) is 1.24. The molecule has 0 rings (SSSR count). The Labute approximate surface area is 160 Å². The van der Waals surface area contributed by atoms with E-state index in [0.717, 1.165) is 0 Å².